The van der Waals surface area contributed by atoms with E-state index in [1.165, 1.54) is 4.31 Å². The third kappa shape index (κ3) is 6.03. The minimum Gasteiger partial charge on any atom is -0.354 e. The molecular formula is C15H22ClF3N4O3S. The standard InChI is InChI=1S/C15H21F3N4O3S.ClH/c16-15(17,18)13-5-4-12(10-20-13)26(24,25)22-8-2-1-3-11(22)9-21-14(23)6-7-19;/h4-5,10-11H,1-3,6-9,19H2,(H,21,23);1H. The van der Waals surface area contributed by atoms with Gasteiger partial charge in [0.15, 0.2) is 0 Å². The molecule has 1 unspecified atom stereocenters. The zero-order valence-corrected chi connectivity index (χ0v) is 16.0. The summed E-state index contributed by atoms with van der Waals surface area (Å²) in [5.74, 6) is -0.272. The van der Waals surface area contributed by atoms with Crippen molar-refractivity contribution in [2.75, 3.05) is 19.6 Å². The Bertz CT molecular complexity index is 729. The number of nitrogens with one attached hydrogen (secondary N) is 1. The third-order valence-electron chi connectivity index (χ3n) is 4.11. The van der Waals surface area contributed by atoms with Gasteiger partial charge in [0.25, 0.3) is 0 Å². The maximum Gasteiger partial charge on any atom is 0.433 e. The van der Waals surface area contributed by atoms with E-state index in [4.69, 9.17) is 5.73 Å². The zero-order chi connectivity index (χ0) is 19.4. The van der Waals surface area contributed by atoms with Crippen LogP contribution in [0.25, 0.3) is 0 Å². The van der Waals surface area contributed by atoms with Crippen molar-refractivity contribution in [3.05, 3.63) is 24.0 Å². The number of hydrogen-bond donors (Lipinski definition) is 2. The van der Waals surface area contributed by atoms with Crippen LogP contribution in [0.15, 0.2) is 23.2 Å². The number of rotatable bonds is 6. The topological polar surface area (TPSA) is 105 Å². The molecule has 1 aliphatic rings. The second-order valence-electron chi connectivity index (χ2n) is 5.99. The highest BCUT2D eigenvalue weighted by molar-refractivity contribution is 7.89. The molecule has 1 aromatic heterocycles. The van der Waals surface area contributed by atoms with E-state index in [0.717, 1.165) is 18.7 Å². The Morgan fingerprint density at radius 2 is 2.04 bits per heavy atom. The van der Waals surface area contributed by atoms with Gasteiger partial charge in [-0.3, -0.25) is 9.78 Å². The number of sulfonamides is 1. The summed E-state index contributed by atoms with van der Waals surface area (Å²) in [6.45, 7) is 0.558. The van der Waals surface area contributed by atoms with E-state index in [1.807, 2.05) is 0 Å². The number of carbonyl (C=O) groups is 1. The number of pyridine rings is 1. The van der Waals surface area contributed by atoms with Crippen molar-refractivity contribution in [1.82, 2.24) is 14.6 Å². The number of nitrogens with two attached hydrogens (primary N) is 1. The molecule has 12 heteroatoms. The average Bonchev–Trinajstić information content (AvgIpc) is 2.60. The Hall–Kier alpha value is -1.43. The van der Waals surface area contributed by atoms with Gasteiger partial charge < -0.3 is 11.1 Å². The second-order valence-corrected chi connectivity index (χ2v) is 7.88. The normalized spacial score (nSPS) is 18.6. The fourth-order valence-corrected chi connectivity index (χ4v) is 4.42. The number of alkyl halides is 3. The molecule has 3 N–H and O–H groups in total. The monoisotopic (exact) mass is 430 g/mol. The van der Waals surface area contributed by atoms with Crippen molar-refractivity contribution < 1.29 is 26.4 Å². The lowest BCUT2D eigenvalue weighted by molar-refractivity contribution is -0.141. The Morgan fingerprint density at radius 3 is 2.59 bits per heavy atom. The third-order valence-corrected chi connectivity index (χ3v) is 6.05. The van der Waals surface area contributed by atoms with Gasteiger partial charge in [0.05, 0.1) is 0 Å². The predicted octanol–water partition coefficient (Wildman–Crippen LogP) is 1.53. The summed E-state index contributed by atoms with van der Waals surface area (Å²) in [5.41, 5.74) is 4.15. The van der Waals surface area contributed by atoms with Crippen molar-refractivity contribution in [3.8, 4) is 0 Å². The average molecular weight is 431 g/mol. The summed E-state index contributed by atoms with van der Waals surface area (Å²) >= 11 is 0. The molecule has 0 saturated carbocycles. The molecule has 0 aromatic carbocycles. The van der Waals surface area contributed by atoms with Crippen LogP contribution in [-0.2, 0) is 21.0 Å². The summed E-state index contributed by atoms with van der Waals surface area (Å²) in [6.07, 6.45) is -1.78. The van der Waals surface area contributed by atoms with Crippen LogP contribution >= 0.6 is 12.4 Å². The van der Waals surface area contributed by atoms with Crippen LogP contribution in [0.3, 0.4) is 0 Å². The first-order valence-corrected chi connectivity index (χ1v) is 9.62. The number of nitrogens with zero attached hydrogens (tertiary/aromatic N) is 2. The molecule has 154 valence electrons. The van der Waals surface area contributed by atoms with Gasteiger partial charge in [-0.2, -0.15) is 17.5 Å². The fraction of sp³-hybridized carbons (Fsp3) is 0.600. The molecule has 0 aliphatic carbocycles. The first-order chi connectivity index (χ1) is 12.2. The SMILES string of the molecule is Cl.NCCC(=O)NCC1CCCCN1S(=O)(=O)c1ccc(C(F)(F)F)nc1. The highest BCUT2D eigenvalue weighted by Crippen LogP contribution is 2.29. The summed E-state index contributed by atoms with van der Waals surface area (Å²) < 4.78 is 64.6. The first-order valence-electron chi connectivity index (χ1n) is 8.18. The van der Waals surface area contributed by atoms with E-state index in [2.05, 4.69) is 10.3 Å². The zero-order valence-electron chi connectivity index (χ0n) is 14.4. The van der Waals surface area contributed by atoms with Gasteiger partial charge in [0, 0.05) is 38.3 Å². The fourth-order valence-electron chi connectivity index (χ4n) is 2.78. The predicted molar refractivity (Wildman–Crippen MR) is 94.7 cm³/mol. The van der Waals surface area contributed by atoms with Crippen LogP contribution in [-0.4, -0.2) is 49.3 Å². The molecule has 1 aromatic rings. The molecule has 1 aliphatic heterocycles. The molecule has 1 saturated heterocycles. The summed E-state index contributed by atoms with van der Waals surface area (Å²) in [4.78, 5) is 14.5. The number of piperidine rings is 1. The Labute approximate surface area is 162 Å². The molecule has 1 atom stereocenters. The lowest BCUT2D eigenvalue weighted by atomic mass is 10.1. The summed E-state index contributed by atoms with van der Waals surface area (Å²) in [7, 11) is -4.01. The van der Waals surface area contributed by atoms with Crippen LogP contribution in [0.5, 0.6) is 0 Å². The summed E-state index contributed by atoms with van der Waals surface area (Å²) in [6, 6.07) is 1.09. The molecule has 2 rings (SSSR count). The molecule has 2 heterocycles. The van der Waals surface area contributed by atoms with Crippen molar-refractivity contribution in [3.63, 3.8) is 0 Å². The number of hydrogen-bond acceptors (Lipinski definition) is 5. The minimum atomic E-state index is -4.64. The Morgan fingerprint density at radius 1 is 1.33 bits per heavy atom. The van der Waals surface area contributed by atoms with E-state index in [-0.39, 0.29) is 49.3 Å². The minimum absolute atomic E-state index is 0. The molecule has 1 amide bonds. The van der Waals surface area contributed by atoms with E-state index in [9.17, 15) is 26.4 Å². The maximum absolute atomic E-state index is 12.8. The molecule has 1 fully saturated rings. The van der Waals surface area contributed by atoms with Crippen LogP contribution < -0.4 is 11.1 Å². The van der Waals surface area contributed by atoms with Crippen molar-refractivity contribution in [2.45, 2.75) is 42.8 Å². The lowest BCUT2D eigenvalue weighted by Gasteiger charge is -2.34. The number of aromatic nitrogens is 1. The van der Waals surface area contributed by atoms with Crippen LogP contribution in [0.4, 0.5) is 13.2 Å². The van der Waals surface area contributed by atoms with Crippen LogP contribution in [0, 0.1) is 0 Å². The Kier molecular flexibility index (Phi) is 8.46. The molecule has 7 nitrogen and oxygen atoms in total. The molecular weight excluding hydrogens is 409 g/mol. The van der Waals surface area contributed by atoms with E-state index >= 15 is 0 Å². The van der Waals surface area contributed by atoms with Gasteiger partial charge in [-0.1, -0.05) is 6.42 Å². The van der Waals surface area contributed by atoms with Gasteiger partial charge in [0.2, 0.25) is 15.9 Å². The van der Waals surface area contributed by atoms with Crippen LogP contribution in [0.1, 0.15) is 31.4 Å². The van der Waals surface area contributed by atoms with Gasteiger partial charge in [-0.15, -0.1) is 12.4 Å². The highest BCUT2D eigenvalue weighted by atomic mass is 35.5. The number of halogens is 4. The molecule has 27 heavy (non-hydrogen) atoms. The summed E-state index contributed by atoms with van der Waals surface area (Å²) in [5, 5.41) is 2.65. The largest absolute Gasteiger partial charge is 0.433 e. The second kappa shape index (κ2) is 9.67. The maximum atomic E-state index is 12.8. The van der Waals surface area contributed by atoms with Gasteiger partial charge in [0.1, 0.15) is 10.6 Å². The first kappa shape index (κ1) is 23.6. The number of carbonyl (C=O) groups excluding carboxylic acids is 1. The van der Waals surface area contributed by atoms with Crippen molar-refractivity contribution in [1.29, 1.82) is 0 Å². The highest BCUT2D eigenvalue weighted by Gasteiger charge is 2.36. The number of amides is 1. The molecule has 0 spiro atoms. The quantitative estimate of drug-likeness (QED) is 0.712. The Balaban J connectivity index is 0.00000364. The molecule has 0 bridgehead atoms. The van der Waals surface area contributed by atoms with E-state index < -0.39 is 27.9 Å². The van der Waals surface area contributed by atoms with Crippen LogP contribution in [0.2, 0.25) is 0 Å². The van der Waals surface area contributed by atoms with Crippen molar-refractivity contribution in [2.24, 2.45) is 5.73 Å². The molecule has 0 radical (unpaired) electrons. The van der Waals surface area contributed by atoms with Gasteiger partial charge in [-0.05, 0) is 25.0 Å². The van der Waals surface area contributed by atoms with E-state index in [1.54, 1.807) is 0 Å². The smallest absolute Gasteiger partial charge is 0.354 e. The van der Waals surface area contributed by atoms with Crippen molar-refractivity contribution >= 4 is 28.3 Å². The lowest BCUT2D eigenvalue weighted by Crippen LogP contribution is -2.49. The van der Waals surface area contributed by atoms with Gasteiger partial charge >= 0.3 is 6.18 Å². The van der Waals surface area contributed by atoms with E-state index in [0.29, 0.717) is 18.9 Å². The van der Waals surface area contributed by atoms with Gasteiger partial charge in [-0.25, -0.2) is 8.42 Å².